The number of halogens is 2. The zero-order valence-electron chi connectivity index (χ0n) is 13.8. The molecule has 1 aromatic rings. The highest BCUT2D eigenvalue weighted by Gasteiger charge is 2.13. The lowest BCUT2D eigenvalue weighted by Crippen LogP contribution is -2.26. The zero-order chi connectivity index (χ0) is 17.5. The summed E-state index contributed by atoms with van der Waals surface area (Å²) in [5.74, 6) is 0.400. The van der Waals surface area contributed by atoms with Crippen molar-refractivity contribution in [2.24, 2.45) is 5.92 Å². The Bertz CT molecular complexity index is 652. The normalized spacial score (nSPS) is 17.0. The molecule has 24 heavy (non-hydrogen) atoms. The minimum atomic E-state index is -0.454. The highest BCUT2D eigenvalue weighted by Crippen LogP contribution is 2.25. The molecule has 0 bridgehead atoms. The third kappa shape index (κ3) is 5.35. The van der Waals surface area contributed by atoms with Crippen molar-refractivity contribution in [2.75, 3.05) is 25.5 Å². The Morgan fingerprint density at radius 1 is 1.50 bits per heavy atom. The fourth-order valence-electron chi connectivity index (χ4n) is 2.45. The van der Waals surface area contributed by atoms with Crippen LogP contribution in [0.3, 0.4) is 0 Å². The lowest BCUT2D eigenvalue weighted by molar-refractivity contribution is 0.0671. The van der Waals surface area contributed by atoms with E-state index in [1.54, 1.807) is 19.1 Å². The van der Waals surface area contributed by atoms with E-state index in [0.29, 0.717) is 22.1 Å². The first-order chi connectivity index (χ1) is 11.5. The molecule has 1 saturated heterocycles. The van der Waals surface area contributed by atoms with E-state index in [1.807, 2.05) is 0 Å². The van der Waals surface area contributed by atoms with Crippen LogP contribution in [0.5, 0.6) is 0 Å². The second kappa shape index (κ2) is 8.85. The Kier molecular flexibility index (Phi) is 6.82. The first-order valence-corrected chi connectivity index (χ1v) is 8.31. The van der Waals surface area contributed by atoms with E-state index < -0.39 is 5.82 Å². The van der Waals surface area contributed by atoms with E-state index in [0.717, 1.165) is 44.5 Å². The van der Waals surface area contributed by atoms with Crippen molar-refractivity contribution in [3.8, 4) is 0 Å². The molecule has 0 aliphatic carbocycles. The highest BCUT2D eigenvalue weighted by atomic mass is 35.5. The van der Waals surface area contributed by atoms with E-state index in [4.69, 9.17) is 22.1 Å². The van der Waals surface area contributed by atoms with Crippen LogP contribution in [0, 0.1) is 11.7 Å². The number of ether oxygens (including phenoxy) is 1. The Balaban J connectivity index is 1.95. The fraction of sp³-hybridized carbons (Fsp3) is 0.389. The smallest absolute Gasteiger partial charge is 0.149 e. The van der Waals surface area contributed by atoms with Gasteiger partial charge in [-0.2, -0.15) is 0 Å². The molecule has 6 heteroatoms. The van der Waals surface area contributed by atoms with Gasteiger partial charge in [0, 0.05) is 36.1 Å². The van der Waals surface area contributed by atoms with E-state index in [9.17, 15) is 4.39 Å². The summed E-state index contributed by atoms with van der Waals surface area (Å²) in [4.78, 5) is 3.71. The van der Waals surface area contributed by atoms with Crippen LogP contribution in [0.1, 0.15) is 25.3 Å². The van der Waals surface area contributed by atoms with Gasteiger partial charge in [0.25, 0.3) is 0 Å². The maximum Gasteiger partial charge on any atom is 0.149 e. The van der Waals surface area contributed by atoms with Crippen LogP contribution >= 0.6 is 11.6 Å². The van der Waals surface area contributed by atoms with Gasteiger partial charge in [0.2, 0.25) is 0 Å². The van der Waals surface area contributed by atoms with E-state index in [2.05, 4.69) is 16.9 Å². The van der Waals surface area contributed by atoms with Gasteiger partial charge in [-0.15, -0.1) is 0 Å². The second-order valence-corrected chi connectivity index (χ2v) is 6.26. The molecule has 0 unspecified atom stereocenters. The summed E-state index contributed by atoms with van der Waals surface area (Å²) in [6.07, 6.45) is 6.70. The molecule has 0 aromatic carbocycles. The standard InChI is InChI=1S/C18H23ClFN3O/c1-12(22-10-14-5-7-24-8-6-14)3-4-16(19)13(2)15-9-18(21)23-11-17(15)20/h3-4,9,11,14,22H,1,5-8,10H2,2H3,(H2,21,23)/b4-3-,16-13-. The maximum atomic E-state index is 13.8. The Hall–Kier alpha value is -1.85. The molecule has 0 saturated carbocycles. The van der Waals surface area contributed by atoms with Crippen LogP contribution in [0.2, 0.25) is 0 Å². The van der Waals surface area contributed by atoms with Crippen molar-refractivity contribution < 1.29 is 9.13 Å². The van der Waals surface area contributed by atoms with Crippen LogP contribution in [0.25, 0.3) is 5.57 Å². The van der Waals surface area contributed by atoms with Gasteiger partial charge in [0.1, 0.15) is 11.6 Å². The molecular formula is C18H23ClFN3O. The predicted octanol–water partition coefficient (Wildman–Crippen LogP) is 3.86. The minimum Gasteiger partial charge on any atom is -0.385 e. The van der Waals surface area contributed by atoms with E-state index >= 15 is 0 Å². The first-order valence-electron chi connectivity index (χ1n) is 7.93. The van der Waals surface area contributed by atoms with Gasteiger partial charge in [0.15, 0.2) is 0 Å². The average molecular weight is 352 g/mol. The van der Waals surface area contributed by atoms with Crippen LogP contribution in [0.4, 0.5) is 10.2 Å². The Labute approximate surface area is 147 Å². The number of hydrogen-bond acceptors (Lipinski definition) is 4. The van der Waals surface area contributed by atoms with Crippen molar-refractivity contribution in [1.29, 1.82) is 0 Å². The summed E-state index contributed by atoms with van der Waals surface area (Å²) in [7, 11) is 0. The number of pyridine rings is 1. The van der Waals surface area contributed by atoms with Gasteiger partial charge < -0.3 is 15.8 Å². The molecule has 1 aromatic heterocycles. The predicted molar refractivity (Wildman–Crippen MR) is 96.9 cm³/mol. The molecular weight excluding hydrogens is 329 g/mol. The van der Waals surface area contributed by atoms with Gasteiger partial charge in [-0.05, 0) is 49.5 Å². The number of hydrogen-bond donors (Lipinski definition) is 2. The third-order valence-electron chi connectivity index (χ3n) is 4.03. The number of aromatic nitrogens is 1. The van der Waals surface area contributed by atoms with Crippen molar-refractivity contribution in [1.82, 2.24) is 10.3 Å². The molecule has 0 spiro atoms. The number of nitrogens with zero attached hydrogens (tertiary/aromatic N) is 1. The largest absolute Gasteiger partial charge is 0.385 e. The van der Waals surface area contributed by atoms with Crippen LogP contribution < -0.4 is 11.1 Å². The number of nitrogens with two attached hydrogens (primary N) is 1. The molecule has 1 fully saturated rings. The molecule has 2 rings (SSSR count). The van der Waals surface area contributed by atoms with Crippen molar-refractivity contribution in [2.45, 2.75) is 19.8 Å². The first kappa shape index (κ1) is 18.5. The van der Waals surface area contributed by atoms with Crippen molar-refractivity contribution >= 4 is 23.0 Å². The molecule has 0 radical (unpaired) electrons. The molecule has 1 aliphatic rings. The average Bonchev–Trinajstić information content (AvgIpc) is 2.60. The molecule has 4 nitrogen and oxygen atoms in total. The quantitative estimate of drug-likeness (QED) is 0.764. The number of nitrogen functional groups attached to an aromatic ring is 1. The van der Waals surface area contributed by atoms with Crippen LogP contribution in [-0.4, -0.2) is 24.7 Å². The van der Waals surface area contributed by atoms with Crippen LogP contribution in [-0.2, 0) is 4.74 Å². The number of allylic oxidation sites excluding steroid dienone is 4. The molecule has 2 heterocycles. The molecule has 0 atom stereocenters. The van der Waals surface area contributed by atoms with Gasteiger partial charge in [-0.3, -0.25) is 0 Å². The SMILES string of the molecule is C=C(/C=C\C(Cl)=C(/C)c1cc(N)ncc1F)NCC1CCOCC1. The van der Waals surface area contributed by atoms with E-state index in [1.165, 1.54) is 6.07 Å². The summed E-state index contributed by atoms with van der Waals surface area (Å²) in [6, 6.07) is 1.47. The summed E-state index contributed by atoms with van der Waals surface area (Å²) in [5, 5.41) is 3.71. The van der Waals surface area contributed by atoms with Gasteiger partial charge >= 0.3 is 0 Å². The second-order valence-electron chi connectivity index (χ2n) is 5.86. The zero-order valence-corrected chi connectivity index (χ0v) is 14.6. The fourth-order valence-corrected chi connectivity index (χ4v) is 2.62. The summed E-state index contributed by atoms with van der Waals surface area (Å²) >= 11 is 6.26. The molecule has 130 valence electrons. The molecule has 1 aliphatic heterocycles. The van der Waals surface area contributed by atoms with Gasteiger partial charge in [0.05, 0.1) is 6.20 Å². The number of anilines is 1. The summed E-state index contributed by atoms with van der Waals surface area (Å²) < 4.78 is 19.2. The van der Waals surface area contributed by atoms with Crippen molar-refractivity contribution in [3.63, 3.8) is 0 Å². The highest BCUT2D eigenvalue weighted by molar-refractivity contribution is 6.34. The summed E-state index contributed by atoms with van der Waals surface area (Å²) in [6.45, 7) is 8.21. The molecule has 0 amide bonds. The minimum absolute atomic E-state index is 0.252. The van der Waals surface area contributed by atoms with Gasteiger partial charge in [-0.25, -0.2) is 9.37 Å². The van der Waals surface area contributed by atoms with E-state index in [-0.39, 0.29) is 5.82 Å². The lowest BCUT2D eigenvalue weighted by atomic mass is 10.0. The Morgan fingerprint density at radius 3 is 2.92 bits per heavy atom. The van der Waals surface area contributed by atoms with Crippen LogP contribution in [0.15, 0.2) is 41.7 Å². The maximum absolute atomic E-state index is 13.8. The topological polar surface area (TPSA) is 60.2 Å². The monoisotopic (exact) mass is 351 g/mol. The third-order valence-corrected chi connectivity index (χ3v) is 4.44. The molecule has 3 N–H and O–H groups in total. The summed E-state index contributed by atoms with van der Waals surface area (Å²) in [5.41, 5.74) is 7.31. The van der Waals surface area contributed by atoms with Gasteiger partial charge in [-0.1, -0.05) is 18.2 Å². The number of rotatable bonds is 6. The van der Waals surface area contributed by atoms with Crippen molar-refractivity contribution in [3.05, 3.63) is 53.1 Å². The lowest BCUT2D eigenvalue weighted by Gasteiger charge is -2.22. The Morgan fingerprint density at radius 2 is 2.21 bits per heavy atom. The number of nitrogens with one attached hydrogen (secondary N) is 1.